The first-order valence-corrected chi connectivity index (χ1v) is 13.0. The lowest BCUT2D eigenvalue weighted by Crippen LogP contribution is -2.63. The first kappa shape index (κ1) is 27.3. The summed E-state index contributed by atoms with van der Waals surface area (Å²) in [7, 11) is 1.68. The lowest BCUT2D eigenvalue weighted by molar-refractivity contribution is -0.134. The topological polar surface area (TPSA) is 134 Å². The number of fused-ring (bicyclic) bond motifs is 1. The van der Waals surface area contributed by atoms with E-state index >= 15 is 0 Å². The average molecular weight is 539 g/mol. The molecule has 3 amide bonds. The molecule has 38 heavy (non-hydrogen) atoms. The minimum absolute atomic E-state index is 0.0280. The summed E-state index contributed by atoms with van der Waals surface area (Å²) in [6, 6.07) is 13.9. The van der Waals surface area contributed by atoms with Gasteiger partial charge >= 0.3 is 0 Å². The fraction of sp³-hybridized carbons (Fsp3) is 0.370. The maximum Gasteiger partial charge on any atom is 0.272 e. The molecule has 2 heterocycles. The molecule has 0 saturated carbocycles. The van der Waals surface area contributed by atoms with Crippen molar-refractivity contribution in [2.45, 2.75) is 31.2 Å². The lowest BCUT2D eigenvalue weighted by atomic mass is 9.87. The molecule has 1 aromatic heterocycles. The number of nitrogens with zero attached hydrogens (tertiary/aromatic N) is 2. The standard InChI is InChI=1S/C27H31ClN6O4/c1-34-22-5-3-2-4-20(22)32-21(25(34)37)10-11-23(35)33-27(12-14-29-15-13-27)26(38)31-17-16-30-24(36)18-6-8-19(28)9-7-18/h2-9,29H,10-17H2,1H3,(H,30,36)(H,31,38)(H,33,35). The van der Waals surface area contributed by atoms with Gasteiger partial charge in [0.15, 0.2) is 0 Å². The van der Waals surface area contributed by atoms with Crippen molar-refractivity contribution in [2.24, 2.45) is 7.05 Å². The second-order valence-electron chi connectivity index (χ2n) is 9.31. The molecular weight excluding hydrogens is 508 g/mol. The van der Waals surface area contributed by atoms with Crippen LogP contribution in [0.3, 0.4) is 0 Å². The van der Waals surface area contributed by atoms with Crippen molar-refractivity contribution in [1.29, 1.82) is 0 Å². The highest BCUT2D eigenvalue weighted by molar-refractivity contribution is 6.30. The van der Waals surface area contributed by atoms with Gasteiger partial charge in [0.1, 0.15) is 11.2 Å². The lowest BCUT2D eigenvalue weighted by Gasteiger charge is -2.37. The minimum atomic E-state index is -1.07. The summed E-state index contributed by atoms with van der Waals surface area (Å²) >= 11 is 5.85. The van der Waals surface area contributed by atoms with Crippen LogP contribution in [0, 0.1) is 0 Å². The van der Waals surface area contributed by atoms with E-state index < -0.39 is 5.54 Å². The quantitative estimate of drug-likeness (QED) is 0.303. The molecule has 0 spiro atoms. The summed E-state index contributed by atoms with van der Waals surface area (Å²) in [5.74, 6) is -0.892. The Morgan fingerprint density at radius 3 is 2.45 bits per heavy atom. The molecule has 200 valence electrons. The van der Waals surface area contributed by atoms with Gasteiger partial charge in [-0.25, -0.2) is 4.98 Å². The van der Waals surface area contributed by atoms with E-state index in [4.69, 9.17) is 11.6 Å². The van der Waals surface area contributed by atoms with E-state index in [9.17, 15) is 19.2 Å². The second kappa shape index (κ2) is 12.2. The Balaban J connectivity index is 1.33. The number of aromatic nitrogens is 2. The van der Waals surface area contributed by atoms with Crippen LogP contribution in [0.5, 0.6) is 0 Å². The predicted octanol–water partition coefficient (Wildman–Crippen LogP) is 1.30. The number of halogens is 1. The number of para-hydroxylation sites is 2. The number of benzene rings is 2. The third-order valence-electron chi connectivity index (χ3n) is 6.71. The van der Waals surface area contributed by atoms with Gasteiger partial charge in [-0.3, -0.25) is 19.2 Å². The van der Waals surface area contributed by atoms with Crippen molar-refractivity contribution >= 4 is 40.4 Å². The summed E-state index contributed by atoms with van der Waals surface area (Å²) in [4.78, 5) is 55.5. The molecular formula is C27H31ClN6O4. The van der Waals surface area contributed by atoms with Crippen LogP contribution >= 0.6 is 11.6 Å². The zero-order valence-corrected chi connectivity index (χ0v) is 21.9. The van der Waals surface area contributed by atoms with E-state index in [2.05, 4.69) is 26.3 Å². The SMILES string of the molecule is Cn1c(=O)c(CCC(=O)NC2(C(=O)NCCNC(=O)c3ccc(Cl)cc3)CCNCC2)nc2ccccc21. The average Bonchev–Trinajstić information content (AvgIpc) is 2.93. The maximum atomic E-state index is 13.2. The van der Waals surface area contributed by atoms with Gasteiger partial charge < -0.3 is 25.8 Å². The third-order valence-corrected chi connectivity index (χ3v) is 6.96. The van der Waals surface area contributed by atoms with Gasteiger partial charge in [0.25, 0.3) is 11.5 Å². The Kier molecular flexibility index (Phi) is 8.75. The molecule has 0 atom stereocenters. The van der Waals surface area contributed by atoms with Crippen LogP contribution in [0.2, 0.25) is 5.02 Å². The predicted molar refractivity (Wildman–Crippen MR) is 145 cm³/mol. The number of carbonyl (C=O) groups excluding carboxylic acids is 3. The van der Waals surface area contributed by atoms with Gasteiger partial charge in [0, 0.05) is 43.6 Å². The molecule has 1 fully saturated rings. The summed E-state index contributed by atoms with van der Waals surface area (Å²) in [6.07, 6.45) is 1.05. The molecule has 11 heteroatoms. The van der Waals surface area contributed by atoms with E-state index in [1.165, 1.54) is 4.57 Å². The second-order valence-corrected chi connectivity index (χ2v) is 9.75. The fourth-order valence-corrected chi connectivity index (χ4v) is 4.68. The number of rotatable bonds is 9. The molecule has 3 aromatic rings. The van der Waals surface area contributed by atoms with Gasteiger partial charge in [-0.15, -0.1) is 0 Å². The number of aryl methyl sites for hydroxylation is 2. The molecule has 0 radical (unpaired) electrons. The Morgan fingerprint density at radius 1 is 1.03 bits per heavy atom. The smallest absolute Gasteiger partial charge is 0.272 e. The van der Waals surface area contributed by atoms with Crippen LogP contribution in [-0.2, 0) is 23.1 Å². The van der Waals surface area contributed by atoms with E-state index in [-0.39, 0.29) is 49.2 Å². The van der Waals surface area contributed by atoms with E-state index in [0.717, 1.165) is 5.52 Å². The Labute approximate surface area is 225 Å². The molecule has 1 aliphatic heterocycles. The van der Waals surface area contributed by atoms with Crippen molar-refractivity contribution in [3.63, 3.8) is 0 Å². The van der Waals surface area contributed by atoms with Gasteiger partial charge in [-0.1, -0.05) is 23.7 Å². The van der Waals surface area contributed by atoms with Gasteiger partial charge in [-0.05, 0) is 62.3 Å². The van der Waals surface area contributed by atoms with Crippen molar-refractivity contribution in [1.82, 2.24) is 30.8 Å². The third kappa shape index (κ3) is 6.38. The van der Waals surface area contributed by atoms with Crippen LogP contribution < -0.4 is 26.8 Å². The van der Waals surface area contributed by atoms with E-state index in [0.29, 0.717) is 47.7 Å². The molecule has 4 rings (SSSR count). The molecule has 4 N–H and O–H groups in total. The van der Waals surface area contributed by atoms with Crippen LogP contribution in [0.4, 0.5) is 0 Å². The number of carbonyl (C=O) groups is 3. The molecule has 0 bridgehead atoms. The monoisotopic (exact) mass is 538 g/mol. The highest BCUT2D eigenvalue weighted by atomic mass is 35.5. The highest BCUT2D eigenvalue weighted by Gasteiger charge is 2.40. The molecule has 1 saturated heterocycles. The summed E-state index contributed by atoms with van der Waals surface area (Å²) in [5.41, 5.74) is 0.874. The zero-order chi connectivity index (χ0) is 27.1. The molecule has 2 aromatic carbocycles. The first-order valence-electron chi connectivity index (χ1n) is 12.6. The van der Waals surface area contributed by atoms with Crippen LogP contribution in [0.1, 0.15) is 35.3 Å². The maximum absolute atomic E-state index is 13.2. The normalized spacial score (nSPS) is 14.6. The van der Waals surface area contributed by atoms with Crippen molar-refractivity contribution in [2.75, 3.05) is 26.2 Å². The highest BCUT2D eigenvalue weighted by Crippen LogP contribution is 2.19. The van der Waals surface area contributed by atoms with Crippen molar-refractivity contribution in [3.8, 4) is 0 Å². The van der Waals surface area contributed by atoms with Gasteiger partial charge in [0.2, 0.25) is 11.8 Å². The Morgan fingerprint density at radius 2 is 1.71 bits per heavy atom. The summed E-state index contributed by atoms with van der Waals surface area (Å²) in [6.45, 7) is 1.59. The first-order chi connectivity index (χ1) is 18.3. The van der Waals surface area contributed by atoms with Crippen LogP contribution in [0.15, 0.2) is 53.3 Å². The summed E-state index contributed by atoms with van der Waals surface area (Å²) in [5, 5.41) is 12.3. The van der Waals surface area contributed by atoms with Crippen LogP contribution in [-0.4, -0.2) is 59.0 Å². The largest absolute Gasteiger partial charge is 0.352 e. The van der Waals surface area contributed by atoms with Crippen LogP contribution in [0.25, 0.3) is 11.0 Å². The molecule has 0 aliphatic carbocycles. The summed E-state index contributed by atoms with van der Waals surface area (Å²) < 4.78 is 1.53. The van der Waals surface area contributed by atoms with Gasteiger partial charge in [-0.2, -0.15) is 0 Å². The molecule has 1 aliphatic rings. The van der Waals surface area contributed by atoms with Gasteiger partial charge in [0.05, 0.1) is 11.0 Å². The fourth-order valence-electron chi connectivity index (χ4n) is 4.55. The van der Waals surface area contributed by atoms with Crippen molar-refractivity contribution < 1.29 is 14.4 Å². The Hall–Kier alpha value is -3.76. The number of nitrogens with one attached hydrogen (secondary N) is 4. The minimum Gasteiger partial charge on any atom is -0.352 e. The Bertz CT molecular complexity index is 1380. The number of piperidine rings is 1. The number of hydrogen-bond donors (Lipinski definition) is 4. The number of amides is 3. The van der Waals surface area contributed by atoms with Crippen molar-refractivity contribution in [3.05, 3.63) is 75.2 Å². The molecule has 0 unspecified atom stereocenters. The zero-order valence-electron chi connectivity index (χ0n) is 21.2. The van der Waals surface area contributed by atoms with E-state index in [1.54, 1.807) is 31.3 Å². The van der Waals surface area contributed by atoms with E-state index in [1.807, 2.05) is 24.3 Å². The molecule has 10 nitrogen and oxygen atoms in total. The number of hydrogen-bond acceptors (Lipinski definition) is 6.